The molecule has 1 aliphatic heterocycles. The Morgan fingerprint density at radius 1 is 1.31 bits per heavy atom. The van der Waals surface area contributed by atoms with Crippen molar-refractivity contribution in [2.45, 2.75) is 45.7 Å². The third-order valence-corrected chi connectivity index (χ3v) is 5.40. The van der Waals surface area contributed by atoms with E-state index >= 15 is 0 Å². The van der Waals surface area contributed by atoms with Crippen molar-refractivity contribution in [1.29, 1.82) is 0 Å². The first kappa shape index (κ1) is 16.8. The fourth-order valence-corrected chi connectivity index (χ4v) is 3.99. The van der Waals surface area contributed by atoms with Gasteiger partial charge in [0.2, 0.25) is 0 Å². The second-order valence-electron chi connectivity index (χ2n) is 7.04. The van der Waals surface area contributed by atoms with Crippen LogP contribution in [-0.4, -0.2) is 36.7 Å². The van der Waals surface area contributed by atoms with Gasteiger partial charge in [0.25, 0.3) is 5.91 Å². The Morgan fingerprint density at radius 3 is 2.88 bits per heavy atom. The Bertz CT molecular complexity index is 954. The average molecular weight is 351 g/mol. The molecule has 0 bridgehead atoms. The van der Waals surface area contributed by atoms with E-state index in [4.69, 9.17) is 4.98 Å². The summed E-state index contributed by atoms with van der Waals surface area (Å²) in [4.78, 5) is 20.0. The molecular weight excluding hydrogens is 326 g/mol. The van der Waals surface area contributed by atoms with Gasteiger partial charge in [-0.2, -0.15) is 5.10 Å². The zero-order valence-electron chi connectivity index (χ0n) is 15.6. The summed E-state index contributed by atoms with van der Waals surface area (Å²) in [5.74, 6) is 1.04. The van der Waals surface area contributed by atoms with E-state index in [0.717, 1.165) is 54.9 Å². The number of amides is 1. The number of carbonyl (C=O) groups is 1. The van der Waals surface area contributed by atoms with Crippen molar-refractivity contribution in [1.82, 2.24) is 24.2 Å². The van der Waals surface area contributed by atoms with Crippen LogP contribution in [-0.2, 0) is 13.6 Å². The predicted octanol–water partition coefficient (Wildman–Crippen LogP) is 3.47. The first-order chi connectivity index (χ1) is 12.6. The highest BCUT2D eigenvalue weighted by molar-refractivity contribution is 5.95. The molecule has 6 nitrogen and oxygen atoms in total. The lowest BCUT2D eigenvalue weighted by Crippen LogP contribution is -2.32. The fourth-order valence-electron chi connectivity index (χ4n) is 3.99. The minimum atomic E-state index is 0.0221. The highest BCUT2D eigenvalue weighted by Crippen LogP contribution is 2.34. The van der Waals surface area contributed by atoms with Gasteiger partial charge in [0, 0.05) is 25.8 Å². The second kappa shape index (κ2) is 6.59. The number of para-hydroxylation sites is 2. The molecule has 1 saturated heterocycles. The number of likely N-dealkylation sites (tertiary alicyclic amines) is 1. The lowest BCUT2D eigenvalue weighted by Gasteiger charge is -2.24. The molecule has 136 valence electrons. The summed E-state index contributed by atoms with van der Waals surface area (Å²) in [6.45, 7) is 5.71. The first-order valence-corrected chi connectivity index (χ1v) is 9.36. The van der Waals surface area contributed by atoms with Crippen molar-refractivity contribution in [2.75, 3.05) is 6.54 Å². The van der Waals surface area contributed by atoms with E-state index in [0.29, 0.717) is 5.56 Å². The second-order valence-corrected chi connectivity index (χ2v) is 7.04. The quantitative estimate of drug-likeness (QED) is 0.723. The maximum Gasteiger partial charge on any atom is 0.257 e. The van der Waals surface area contributed by atoms with Crippen LogP contribution in [0, 0.1) is 6.92 Å². The van der Waals surface area contributed by atoms with E-state index in [-0.39, 0.29) is 11.9 Å². The lowest BCUT2D eigenvalue weighted by molar-refractivity contribution is 0.0727. The maximum absolute atomic E-state index is 13.2. The largest absolute Gasteiger partial charge is 0.329 e. The van der Waals surface area contributed by atoms with Gasteiger partial charge >= 0.3 is 0 Å². The molecular formula is C20H25N5O. The van der Waals surface area contributed by atoms with Gasteiger partial charge in [-0.3, -0.25) is 9.48 Å². The lowest BCUT2D eigenvalue weighted by atomic mass is 10.1. The molecule has 0 saturated carbocycles. The average Bonchev–Trinajstić information content (AvgIpc) is 3.34. The van der Waals surface area contributed by atoms with E-state index in [1.165, 1.54) is 0 Å². The Kier molecular flexibility index (Phi) is 4.26. The third-order valence-electron chi connectivity index (χ3n) is 5.40. The topological polar surface area (TPSA) is 56.0 Å². The predicted molar refractivity (Wildman–Crippen MR) is 101 cm³/mol. The number of aromatic nitrogens is 4. The summed E-state index contributed by atoms with van der Waals surface area (Å²) in [6, 6.07) is 8.15. The van der Waals surface area contributed by atoms with Crippen LogP contribution in [0.25, 0.3) is 11.0 Å². The molecule has 0 spiro atoms. The van der Waals surface area contributed by atoms with E-state index in [9.17, 15) is 4.79 Å². The number of benzene rings is 1. The molecule has 1 amide bonds. The number of carbonyl (C=O) groups excluding carboxylic acids is 1. The molecule has 1 aromatic carbocycles. The summed E-state index contributed by atoms with van der Waals surface area (Å²) in [5, 5.41) is 4.40. The van der Waals surface area contributed by atoms with Crippen molar-refractivity contribution in [3.63, 3.8) is 0 Å². The molecule has 26 heavy (non-hydrogen) atoms. The molecule has 3 heterocycles. The SMILES string of the molecule is CCCn1ncc(C(=O)N2CCC[C@H]2c2nc3ccccc3n2C)c1C. The fraction of sp³-hybridized carbons (Fsp3) is 0.450. The van der Waals surface area contributed by atoms with Crippen LogP contribution in [0.2, 0.25) is 0 Å². The van der Waals surface area contributed by atoms with E-state index in [1.54, 1.807) is 6.20 Å². The van der Waals surface area contributed by atoms with Gasteiger partial charge in [-0.25, -0.2) is 4.98 Å². The van der Waals surface area contributed by atoms with Crippen molar-refractivity contribution in [3.05, 3.63) is 47.5 Å². The van der Waals surface area contributed by atoms with Crippen molar-refractivity contribution in [2.24, 2.45) is 7.05 Å². The summed E-state index contributed by atoms with van der Waals surface area (Å²) >= 11 is 0. The molecule has 1 atom stereocenters. The molecule has 2 aromatic heterocycles. The smallest absolute Gasteiger partial charge is 0.257 e. The van der Waals surface area contributed by atoms with Crippen LogP contribution in [0.4, 0.5) is 0 Å². The van der Waals surface area contributed by atoms with Gasteiger partial charge in [0.05, 0.1) is 28.8 Å². The van der Waals surface area contributed by atoms with Crippen molar-refractivity contribution >= 4 is 16.9 Å². The van der Waals surface area contributed by atoms with Crippen LogP contribution >= 0.6 is 0 Å². The zero-order chi connectivity index (χ0) is 18.3. The molecule has 6 heteroatoms. The molecule has 3 aromatic rings. The summed E-state index contributed by atoms with van der Waals surface area (Å²) < 4.78 is 4.05. The van der Waals surface area contributed by atoms with Gasteiger partial charge in [0.15, 0.2) is 0 Å². The van der Waals surface area contributed by atoms with Crippen LogP contribution in [0.5, 0.6) is 0 Å². The number of imidazole rings is 1. The van der Waals surface area contributed by atoms with Crippen LogP contribution < -0.4 is 0 Å². The first-order valence-electron chi connectivity index (χ1n) is 9.36. The monoisotopic (exact) mass is 351 g/mol. The Morgan fingerprint density at radius 2 is 2.12 bits per heavy atom. The molecule has 1 fully saturated rings. The van der Waals surface area contributed by atoms with Gasteiger partial charge in [-0.05, 0) is 38.3 Å². The van der Waals surface area contributed by atoms with E-state index in [1.807, 2.05) is 41.8 Å². The normalized spacial score (nSPS) is 17.3. The summed E-state index contributed by atoms with van der Waals surface area (Å²) in [5.41, 5.74) is 3.75. The van der Waals surface area contributed by atoms with E-state index in [2.05, 4.69) is 22.7 Å². The summed E-state index contributed by atoms with van der Waals surface area (Å²) in [7, 11) is 2.04. The van der Waals surface area contributed by atoms with Crippen molar-refractivity contribution < 1.29 is 4.79 Å². The van der Waals surface area contributed by atoms with Gasteiger partial charge < -0.3 is 9.47 Å². The number of fused-ring (bicyclic) bond motifs is 1. The molecule has 0 unspecified atom stereocenters. The van der Waals surface area contributed by atoms with E-state index < -0.39 is 0 Å². The van der Waals surface area contributed by atoms with Crippen molar-refractivity contribution in [3.8, 4) is 0 Å². The van der Waals surface area contributed by atoms with Crippen LogP contribution in [0.3, 0.4) is 0 Å². The van der Waals surface area contributed by atoms with Gasteiger partial charge in [-0.15, -0.1) is 0 Å². The van der Waals surface area contributed by atoms with Gasteiger partial charge in [-0.1, -0.05) is 19.1 Å². The Labute approximate surface area is 153 Å². The van der Waals surface area contributed by atoms with Crippen LogP contribution in [0.15, 0.2) is 30.5 Å². The number of hydrogen-bond acceptors (Lipinski definition) is 3. The standard InChI is InChI=1S/C20H25N5O/c1-4-11-25-14(2)15(13-21-25)20(26)24-12-7-10-18(24)19-22-16-8-5-6-9-17(16)23(19)3/h5-6,8-9,13,18H,4,7,10-12H2,1-3H3/t18-/m0/s1. The number of rotatable bonds is 4. The minimum Gasteiger partial charge on any atom is -0.329 e. The molecule has 4 rings (SSSR count). The highest BCUT2D eigenvalue weighted by Gasteiger charge is 2.34. The molecule has 0 aliphatic carbocycles. The third kappa shape index (κ3) is 2.60. The molecule has 0 N–H and O–H groups in total. The number of aryl methyl sites for hydroxylation is 2. The number of hydrogen-bond donors (Lipinski definition) is 0. The minimum absolute atomic E-state index is 0.0221. The molecule has 1 aliphatic rings. The molecule has 0 radical (unpaired) electrons. The maximum atomic E-state index is 13.2. The highest BCUT2D eigenvalue weighted by atomic mass is 16.2. The summed E-state index contributed by atoms with van der Waals surface area (Å²) in [6.07, 6.45) is 4.67. The van der Waals surface area contributed by atoms with Gasteiger partial charge in [0.1, 0.15) is 5.82 Å². The Hall–Kier alpha value is -2.63. The number of nitrogens with zero attached hydrogens (tertiary/aromatic N) is 5. The Balaban J connectivity index is 1.68. The van der Waals surface area contributed by atoms with Crippen LogP contribution in [0.1, 0.15) is 54.1 Å². The zero-order valence-corrected chi connectivity index (χ0v) is 15.6.